The molecule has 24 heavy (non-hydrogen) atoms. The average Bonchev–Trinajstić information content (AvgIpc) is 3.05. The summed E-state index contributed by atoms with van der Waals surface area (Å²) in [5, 5.41) is 14.7. The molecule has 2 heterocycles. The molecule has 0 unspecified atom stereocenters. The Hall–Kier alpha value is -2.15. The smallest absolute Gasteiger partial charge is 0.311 e. The maximum Gasteiger partial charge on any atom is 0.311 e. The van der Waals surface area contributed by atoms with Gasteiger partial charge in [-0.3, -0.25) is 9.59 Å². The summed E-state index contributed by atoms with van der Waals surface area (Å²) in [5.74, 6) is -1.16. The molecule has 0 fully saturated rings. The summed E-state index contributed by atoms with van der Waals surface area (Å²) in [4.78, 5) is 27.7. The Morgan fingerprint density at radius 3 is 2.67 bits per heavy atom. The zero-order valence-corrected chi connectivity index (χ0v) is 15.1. The van der Waals surface area contributed by atoms with Crippen LogP contribution in [0.5, 0.6) is 0 Å². The zero-order valence-electron chi connectivity index (χ0n) is 14.3. The van der Waals surface area contributed by atoms with E-state index in [0.717, 1.165) is 10.7 Å². The summed E-state index contributed by atoms with van der Waals surface area (Å²) in [7, 11) is 0. The molecule has 2 N–H and O–H groups in total. The molecule has 0 aliphatic rings. The van der Waals surface area contributed by atoms with Crippen molar-refractivity contribution in [3.63, 3.8) is 0 Å². The largest absolute Gasteiger partial charge is 0.481 e. The molecule has 0 atom stereocenters. The number of aromatic nitrogens is 1. The first-order valence-corrected chi connectivity index (χ1v) is 8.58. The van der Waals surface area contributed by atoms with Crippen molar-refractivity contribution in [1.82, 2.24) is 10.3 Å². The van der Waals surface area contributed by atoms with Crippen LogP contribution in [0, 0.1) is 6.92 Å². The molecule has 0 aromatic carbocycles. The first kappa shape index (κ1) is 18.2. The van der Waals surface area contributed by atoms with Crippen LogP contribution >= 0.6 is 11.3 Å². The molecule has 0 spiro atoms. The minimum Gasteiger partial charge on any atom is -0.481 e. The Morgan fingerprint density at radius 1 is 1.38 bits per heavy atom. The predicted octanol–water partition coefficient (Wildman–Crippen LogP) is 2.94. The topological polar surface area (TPSA) is 92.4 Å². The van der Waals surface area contributed by atoms with Gasteiger partial charge >= 0.3 is 5.97 Å². The fourth-order valence-electron chi connectivity index (χ4n) is 2.21. The molecule has 2 aromatic heterocycles. The molecule has 2 rings (SSSR count). The molecule has 0 saturated heterocycles. The molecular formula is C17H22N2O4S. The highest BCUT2D eigenvalue weighted by Crippen LogP contribution is 2.24. The molecule has 130 valence electrons. The van der Waals surface area contributed by atoms with Gasteiger partial charge in [0.2, 0.25) is 0 Å². The van der Waals surface area contributed by atoms with Crippen LogP contribution in [0.4, 0.5) is 0 Å². The summed E-state index contributed by atoms with van der Waals surface area (Å²) in [6.07, 6.45) is 1.74. The van der Waals surface area contributed by atoms with Gasteiger partial charge in [0.05, 0.1) is 22.5 Å². The average molecular weight is 350 g/mol. The standard InChI is InChI=1S/C17H22N2O4S/c1-10-8-23-11(7-14(20)21)15(10)16(22)18-6-5-13-19-12(9-24-13)17(2,3)4/h8-9H,5-7H2,1-4H3,(H,18,22)(H,20,21). The summed E-state index contributed by atoms with van der Waals surface area (Å²) in [6, 6.07) is 0. The Labute approximate surface area is 144 Å². The van der Waals surface area contributed by atoms with E-state index >= 15 is 0 Å². The number of aliphatic carboxylic acids is 1. The highest BCUT2D eigenvalue weighted by Gasteiger charge is 2.21. The van der Waals surface area contributed by atoms with E-state index in [2.05, 4.69) is 31.1 Å². The number of hydrogen-bond acceptors (Lipinski definition) is 5. The maximum absolute atomic E-state index is 12.3. The van der Waals surface area contributed by atoms with Crippen molar-refractivity contribution in [3.8, 4) is 0 Å². The van der Waals surface area contributed by atoms with Crippen molar-refractivity contribution in [2.75, 3.05) is 6.54 Å². The number of nitrogens with zero attached hydrogens (tertiary/aromatic N) is 1. The second kappa shape index (κ2) is 7.17. The minimum absolute atomic E-state index is 0.0115. The van der Waals surface area contributed by atoms with Crippen LogP contribution in [0.1, 0.15) is 53.2 Å². The molecule has 0 bridgehead atoms. The lowest BCUT2D eigenvalue weighted by Gasteiger charge is -2.14. The van der Waals surface area contributed by atoms with Gasteiger partial charge in [-0.05, 0) is 6.92 Å². The first-order valence-electron chi connectivity index (χ1n) is 7.70. The van der Waals surface area contributed by atoms with Crippen LogP contribution in [-0.2, 0) is 23.1 Å². The first-order chi connectivity index (χ1) is 11.2. The van der Waals surface area contributed by atoms with Gasteiger partial charge in [-0.15, -0.1) is 11.3 Å². The molecule has 0 aliphatic carbocycles. The van der Waals surface area contributed by atoms with Crippen molar-refractivity contribution in [1.29, 1.82) is 0 Å². The minimum atomic E-state index is -1.03. The van der Waals surface area contributed by atoms with Crippen molar-refractivity contribution >= 4 is 23.2 Å². The summed E-state index contributed by atoms with van der Waals surface area (Å²) < 4.78 is 5.18. The van der Waals surface area contributed by atoms with Crippen LogP contribution in [0.2, 0.25) is 0 Å². The lowest BCUT2D eigenvalue weighted by molar-refractivity contribution is -0.136. The number of rotatable bonds is 6. The summed E-state index contributed by atoms with van der Waals surface area (Å²) in [5.41, 5.74) is 2.00. The number of furan rings is 1. The zero-order chi connectivity index (χ0) is 17.9. The molecule has 0 aliphatic heterocycles. The number of carbonyl (C=O) groups excluding carboxylic acids is 1. The Kier molecular flexibility index (Phi) is 5.43. The van der Waals surface area contributed by atoms with Crippen molar-refractivity contribution < 1.29 is 19.1 Å². The molecule has 2 aromatic rings. The van der Waals surface area contributed by atoms with Gasteiger partial charge in [0.25, 0.3) is 5.91 Å². The van der Waals surface area contributed by atoms with E-state index in [0.29, 0.717) is 24.1 Å². The lowest BCUT2D eigenvalue weighted by atomic mass is 9.93. The number of carboxylic acid groups (broad SMARTS) is 1. The van der Waals surface area contributed by atoms with Crippen molar-refractivity contribution in [2.45, 2.75) is 46.0 Å². The third kappa shape index (κ3) is 4.44. The van der Waals surface area contributed by atoms with E-state index in [9.17, 15) is 9.59 Å². The number of amides is 1. The van der Waals surface area contributed by atoms with Gasteiger partial charge < -0.3 is 14.8 Å². The van der Waals surface area contributed by atoms with Gasteiger partial charge in [-0.2, -0.15) is 0 Å². The summed E-state index contributed by atoms with van der Waals surface area (Å²) in [6.45, 7) is 8.49. The Balaban J connectivity index is 1.95. The second-order valence-electron chi connectivity index (χ2n) is 6.67. The molecule has 6 nitrogen and oxygen atoms in total. The number of hydrogen-bond donors (Lipinski definition) is 2. The highest BCUT2D eigenvalue weighted by atomic mass is 32.1. The van der Waals surface area contributed by atoms with Crippen molar-refractivity contribution in [2.24, 2.45) is 0 Å². The van der Waals surface area contributed by atoms with Crippen LogP contribution in [0.15, 0.2) is 16.1 Å². The van der Waals surface area contributed by atoms with Gasteiger partial charge in [-0.25, -0.2) is 4.98 Å². The Bertz CT molecular complexity index is 740. The predicted molar refractivity (Wildman–Crippen MR) is 91.6 cm³/mol. The maximum atomic E-state index is 12.3. The van der Waals surface area contributed by atoms with E-state index in [1.165, 1.54) is 6.26 Å². The van der Waals surface area contributed by atoms with Gasteiger partial charge in [0.1, 0.15) is 12.2 Å². The Morgan fingerprint density at radius 2 is 2.08 bits per heavy atom. The quantitative estimate of drug-likeness (QED) is 0.835. The number of carboxylic acids is 1. The van der Waals surface area contributed by atoms with E-state index in [-0.39, 0.29) is 23.5 Å². The molecule has 0 radical (unpaired) electrons. The molecule has 1 amide bonds. The van der Waals surface area contributed by atoms with Gasteiger partial charge in [0, 0.05) is 29.3 Å². The molecule has 7 heteroatoms. The van der Waals surface area contributed by atoms with Crippen molar-refractivity contribution in [3.05, 3.63) is 39.2 Å². The number of thiazole rings is 1. The van der Waals surface area contributed by atoms with Crippen LogP contribution < -0.4 is 5.32 Å². The third-order valence-electron chi connectivity index (χ3n) is 3.53. The molecule has 0 saturated carbocycles. The lowest BCUT2D eigenvalue weighted by Crippen LogP contribution is -2.27. The number of nitrogens with one attached hydrogen (secondary N) is 1. The van der Waals surface area contributed by atoms with Crippen LogP contribution in [0.3, 0.4) is 0 Å². The van der Waals surface area contributed by atoms with Crippen LogP contribution in [-0.4, -0.2) is 28.5 Å². The van der Waals surface area contributed by atoms with E-state index in [1.807, 2.05) is 5.38 Å². The van der Waals surface area contributed by atoms with E-state index < -0.39 is 5.97 Å². The summed E-state index contributed by atoms with van der Waals surface area (Å²) >= 11 is 1.58. The fourth-order valence-corrected chi connectivity index (χ4v) is 3.24. The SMILES string of the molecule is Cc1coc(CC(=O)O)c1C(=O)NCCc1nc(C(C)(C)C)cs1. The van der Waals surface area contributed by atoms with E-state index in [1.54, 1.807) is 18.3 Å². The van der Waals surface area contributed by atoms with Gasteiger partial charge in [0.15, 0.2) is 0 Å². The molecular weight excluding hydrogens is 328 g/mol. The second-order valence-corrected chi connectivity index (χ2v) is 7.61. The number of carbonyl (C=O) groups is 2. The highest BCUT2D eigenvalue weighted by molar-refractivity contribution is 7.09. The number of aryl methyl sites for hydroxylation is 1. The third-order valence-corrected chi connectivity index (χ3v) is 4.44. The van der Waals surface area contributed by atoms with Crippen LogP contribution in [0.25, 0.3) is 0 Å². The monoisotopic (exact) mass is 350 g/mol. The van der Waals surface area contributed by atoms with E-state index in [4.69, 9.17) is 9.52 Å². The normalized spacial score (nSPS) is 11.5. The van der Waals surface area contributed by atoms with Gasteiger partial charge in [-0.1, -0.05) is 20.8 Å². The fraction of sp³-hybridized carbons (Fsp3) is 0.471.